The van der Waals surface area contributed by atoms with E-state index in [1.165, 1.54) is 27.2 Å². The second kappa shape index (κ2) is 5.92. The van der Waals surface area contributed by atoms with Crippen LogP contribution in [0.4, 0.5) is 0 Å². The quantitative estimate of drug-likeness (QED) is 0.387. The molecular formula is C24H21N3. The molecule has 2 heterocycles. The van der Waals surface area contributed by atoms with E-state index < -0.39 is 0 Å². The summed E-state index contributed by atoms with van der Waals surface area (Å²) in [4.78, 5) is 9.31. The molecule has 27 heavy (non-hydrogen) atoms. The van der Waals surface area contributed by atoms with Crippen molar-refractivity contribution in [3.05, 3.63) is 72.6 Å². The maximum atomic E-state index is 4.70. The van der Waals surface area contributed by atoms with Crippen molar-refractivity contribution in [2.24, 2.45) is 7.05 Å². The van der Waals surface area contributed by atoms with Crippen LogP contribution in [-0.4, -0.2) is 14.5 Å². The molecule has 0 fully saturated rings. The molecule has 0 amide bonds. The van der Waals surface area contributed by atoms with Crippen LogP contribution in [-0.2, 0) is 7.05 Å². The standard InChI is InChI=1S/C24H21N3/c1-15(2)16-8-10-18(11-9-16)23-22-21-19-7-5-4-6-17(19)12-13-20(21)27(3)24(22)26-14-25-23/h4-15H,1-3H3. The zero-order valence-electron chi connectivity index (χ0n) is 15.8. The van der Waals surface area contributed by atoms with E-state index in [0.29, 0.717) is 5.92 Å². The van der Waals surface area contributed by atoms with E-state index in [0.717, 1.165) is 22.3 Å². The van der Waals surface area contributed by atoms with Gasteiger partial charge in [0.2, 0.25) is 0 Å². The predicted octanol–water partition coefficient (Wildman–Crippen LogP) is 6.07. The first-order chi connectivity index (χ1) is 13.1. The van der Waals surface area contributed by atoms with Crippen LogP contribution in [0.2, 0.25) is 0 Å². The third kappa shape index (κ3) is 2.35. The summed E-state index contributed by atoms with van der Waals surface area (Å²) >= 11 is 0. The first kappa shape index (κ1) is 16.0. The van der Waals surface area contributed by atoms with Crippen molar-refractivity contribution in [3.63, 3.8) is 0 Å². The Labute approximate surface area is 158 Å². The van der Waals surface area contributed by atoms with Crippen molar-refractivity contribution in [2.75, 3.05) is 0 Å². The van der Waals surface area contributed by atoms with Crippen molar-refractivity contribution in [1.29, 1.82) is 0 Å². The van der Waals surface area contributed by atoms with Gasteiger partial charge in [0.05, 0.1) is 16.6 Å². The zero-order chi connectivity index (χ0) is 18.5. The highest BCUT2D eigenvalue weighted by molar-refractivity contribution is 6.23. The van der Waals surface area contributed by atoms with Gasteiger partial charge in [-0.2, -0.15) is 0 Å². The van der Waals surface area contributed by atoms with Crippen molar-refractivity contribution >= 4 is 32.7 Å². The minimum atomic E-state index is 0.519. The Bertz CT molecular complexity index is 1290. The normalized spacial score (nSPS) is 11.9. The third-order valence-electron chi connectivity index (χ3n) is 5.51. The van der Waals surface area contributed by atoms with Crippen LogP contribution in [0.1, 0.15) is 25.3 Å². The van der Waals surface area contributed by atoms with Gasteiger partial charge in [-0.1, -0.05) is 68.4 Å². The fraction of sp³-hybridized carbons (Fsp3) is 0.167. The van der Waals surface area contributed by atoms with E-state index in [-0.39, 0.29) is 0 Å². The van der Waals surface area contributed by atoms with Gasteiger partial charge in [0.15, 0.2) is 0 Å². The van der Waals surface area contributed by atoms with Crippen molar-refractivity contribution < 1.29 is 0 Å². The summed E-state index contributed by atoms with van der Waals surface area (Å²) in [5.74, 6) is 0.519. The lowest BCUT2D eigenvalue weighted by Crippen LogP contribution is -1.93. The summed E-state index contributed by atoms with van der Waals surface area (Å²) in [6.07, 6.45) is 1.68. The highest BCUT2D eigenvalue weighted by atomic mass is 15.0. The maximum absolute atomic E-state index is 4.70. The van der Waals surface area contributed by atoms with Gasteiger partial charge in [-0.05, 0) is 28.3 Å². The van der Waals surface area contributed by atoms with Crippen molar-refractivity contribution in [1.82, 2.24) is 14.5 Å². The van der Waals surface area contributed by atoms with Gasteiger partial charge in [0.1, 0.15) is 12.0 Å². The van der Waals surface area contributed by atoms with Gasteiger partial charge in [0, 0.05) is 18.0 Å². The number of benzene rings is 3. The van der Waals surface area contributed by atoms with E-state index in [9.17, 15) is 0 Å². The number of nitrogens with zero attached hydrogens (tertiary/aromatic N) is 3. The molecule has 0 radical (unpaired) electrons. The van der Waals surface area contributed by atoms with Crippen LogP contribution < -0.4 is 0 Å². The van der Waals surface area contributed by atoms with Crippen LogP contribution in [0.15, 0.2) is 67.0 Å². The molecule has 0 aliphatic heterocycles. The van der Waals surface area contributed by atoms with Crippen LogP contribution in [0.3, 0.4) is 0 Å². The van der Waals surface area contributed by atoms with Crippen LogP contribution in [0.5, 0.6) is 0 Å². The van der Waals surface area contributed by atoms with Crippen molar-refractivity contribution in [2.45, 2.75) is 19.8 Å². The summed E-state index contributed by atoms with van der Waals surface area (Å²) < 4.78 is 2.17. The Hall–Kier alpha value is -3.20. The molecule has 0 aliphatic rings. The van der Waals surface area contributed by atoms with E-state index in [4.69, 9.17) is 4.98 Å². The molecule has 3 aromatic carbocycles. The largest absolute Gasteiger partial charge is 0.328 e. The Morgan fingerprint density at radius 2 is 1.59 bits per heavy atom. The molecule has 0 unspecified atom stereocenters. The lowest BCUT2D eigenvalue weighted by molar-refractivity contribution is 0.867. The van der Waals surface area contributed by atoms with E-state index in [1.54, 1.807) is 6.33 Å². The lowest BCUT2D eigenvalue weighted by Gasteiger charge is -2.08. The summed E-state index contributed by atoms with van der Waals surface area (Å²) in [5, 5.41) is 4.84. The lowest BCUT2D eigenvalue weighted by atomic mass is 9.98. The number of fused-ring (bicyclic) bond motifs is 5. The molecular weight excluding hydrogens is 330 g/mol. The molecule has 0 bridgehead atoms. The average Bonchev–Trinajstić information content (AvgIpc) is 3.01. The molecule has 0 N–H and O–H groups in total. The number of aromatic nitrogens is 3. The maximum Gasteiger partial charge on any atom is 0.144 e. The highest BCUT2D eigenvalue weighted by Gasteiger charge is 2.17. The van der Waals surface area contributed by atoms with Crippen LogP contribution in [0.25, 0.3) is 44.0 Å². The minimum absolute atomic E-state index is 0.519. The van der Waals surface area contributed by atoms with E-state index in [1.807, 2.05) is 0 Å². The van der Waals surface area contributed by atoms with E-state index in [2.05, 4.69) is 91.1 Å². The molecule has 5 aromatic rings. The minimum Gasteiger partial charge on any atom is -0.328 e. The molecule has 0 atom stereocenters. The molecule has 5 rings (SSSR count). The molecule has 0 aliphatic carbocycles. The van der Waals surface area contributed by atoms with Crippen LogP contribution >= 0.6 is 0 Å². The van der Waals surface area contributed by atoms with Crippen molar-refractivity contribution in [3.8, 4) is 11.3 Å². The number of rotatable bonds is 2. The summed E-state index contributed by atoms with van der Waals surface area (Å²) in [6, 6.07) is 21.7. The van der Waals surface area contributed by atoms with Gasteiger partial charge in [-0.3, -0.25) is 0 Å². The predicted molar refractivity (Wildman–Crippen MR) is 113 cm³/mol. The van der Waals surface area contributed by atoms with Gasteiger partial charge in [0.25, 0.3) is 0 Å². The first-order valence-corrected chi connectivity index (χ1v) is 9.36. The molecule has 0 saturated carbocycles. The van der Waals surface area contributed by atoms with E-state index >= 15 is 0 Å². The topological polar surface area (TPSA) is 30.7 Å². The second-order valence-electron chi connectivity index (χ2n) is 7.44. The Kier molecular flexibility index (Phi) is 3.51. The molecule has 3 nitrogen and oxygen atoms in total. The molecule has 2 aromatic heterocycles. The fourth-order valence-corrected chi connectivity index (χ4v) is 4.02. The zero-order valence-corrected chi connectivity index (χ0v) is 15.8. The molecule has 132 valence electrons. The van der Waals surface area contributed by atoms with Gasteiger partial charge in [-0.15, -0.1) is 0 Å². The summed E-state index contributed by atoms with van der Waals surface area (Å²) in [5.41, 5.74) is 5.63. The number of aryl methyl sites for hydroxylation is 1. The SMILES string of the molecule is CC(C)c1ccc(-c2ncnc3c2c2c4ccccc4ccc2n3C)cc1. The average molecular weight is 351 g/mol. The smallest absolute Gasteiger partial charge is 0.144 e. The van der Waals surface area contributed by atoms with Crippen LogP contribution in [0, 0.1) is 0 Å². The van der Waals surface area contributed by atoms with Gasteiger partial charge >= 0.3 is 0 Å². The summed E-state index contributed by atoms with van der Waals surface area (Å²) in [6.45, 7) is 4.43. The molecule has 3 heteroatoms. The first-order valence-electron chi connectivity index (χ1n) is 9.36. The van der Waals surface area contributed by atoms with Gasteiger partial charge < -0.3 is 4.57 Å². The third-order valence-corrected chi connectivity index (χ3v) is 5.51. The van der Waals surface area contributed by atoms with Gasteiger partial charge in [-0.25, -0.2) is 9.97 Å². The molecule has 0 saturated heterocycles. The Balaban J connectivity index is 1.91. The highest BCUT2D eigenvalue weighted by Crippen LogP contribution is 2.37. The number of hydrogen-bond donors (Lipinski definition) is 0. The molecule has 0 spiro atoms. The summed E-state index contributed by atoms with van der Waals surface area (Å²) in [7, 11) is 2.08. The Morgan fingerprint density at radius 1 is 0.815 bits per heavy atom. The monoisotopic (exact) mass is 351 g/mol. The second-order valence-corrected chi connectivity index (χ2v) is 7.44. The fourth-order valence-electron chi connectivity index (χ4n) is 4.02. The Morgan fingerprint density at radius 3 is 2.37 bits per heavy atom. The number of hydrogen-bond acceptors (Lipinski definition) is 2.